The molecule has 1 aliphatic rings. The van der Waals surface area contributed by atoms with Crippen LogP contribution in [0.3, 0.4) is 0 Å². The summed E-state index contributed by atoms with van der Waals surface area (Å²) in [7, 11) is 0. The van der Waals surface area contributed by atoms with Crippen LogP contribution in [0, 0.1) is 12.8 Å². The molecular formula is C13H15F3N2O2S. The number of carbonyl (C=O) groups is 2. The predicted molar refractivity (Wildman–Crippen MR) is 71.6 cm³/mol. The van der Waals surface area contributed by atoms with Crippen molar-refractivity contribution < 1.29 is 22.8 Å². The van der Waals surface area contributed by atoms with Gasteiger partial charge < -0.3 is 10.2 Å². The van der Waals surface area contributed by atoms with Gasteiger partial charge in [0, 0.05) is 17.8 Å². The van der Waals surface area contributed by atoms with Crippen LogP contribution in [0.2, 0.25) is 0 Å². The first-order valence-electron chi connectivity index (χ1n) is 6.41. The summed E-state index contributed by atoms with van der Waals surface area (Å²) in [5.74, 6) is -1.71. The molecular weight excluding hydrogens is 305 g/mol. The number of alkyl halides is 3. The van der Waals surface area contributed by atoms with Gasteiger partial charge in [-0.3, -0.25) is 9.59 Å². The highest BCUT2D eigenvalue weighted by atomic mass is 32.1. The number of halogens is 3. The highest BCUT2D eigenvalue weighted by Crippen LogP contribution is 2.24. The van der Waals surface area contributed by atoms with E-state index in [0.29, 0.717) is 11.4 Å². The maximum atomic E-state index is 12.3. The standard InChI is InChI=1S/C13H15F3N2O2S/c1-8-2-3-21-10(8)5-17-12(20)9-4-11(19)18(6-9)7-13(14,15)16/h2-3,9H,4-7H2,1H3,(H,17,20)/t9-/m1/s1. The summed E-state index contributed by atoms with van der Waals surface area (Å²) in [6.45, 7) is 0.793. The minimum atomic E-state index is -4.44. The summed E-state index contributed by atoms with van der Waals surface area (Å²) in [5.41, 5.74) is 1.06. The maximum Gasteiger partial charge on any atom is 0.406 e. The number of nitrogens with zero attached hydrogens (tertiary/aromatic N) is 1. The van der Waals surface area contributed by atoms with E-state index >= 15 is 0 Å². The van der Waals surface area contributed by atoms with E-state index < -0.39 is 24.5 Å². The zero-order valence-electron chi connectivity index (χ0n) is 11.4. The van der Waals surface area contributed by atoms with Gasteiger partial charge in [-0.15, -0.1) is 11.3 Å². The van der Waals surface area contributed by atoms with E-state index in [4.69, 9.17) is 0 Å². The first-order valence-corrected chi connectivity index (χ1v) is 7.29. The Morgan fingerprint density at radius 1 is 1.52 bits per heavy atom. The van der Waals surface area contributed by atoms with E-state index in [0.717, 1.165) is 10.4 Å². The Hall–Kier alpha value is -1.57. The van der Waals surface area contributed by atoms with Crippen LogP contribution in [0.15, 0.2) is 11.4 Å². The van der Waals surface area contributed by atoms with Gasteiger partial charge in [0.1, 0.15) is 6.54 Å². The largest absolute Gasteiger partial charge is 0.406 e. The predicted octanol–water partition coefficient (Wildman–Crippen LogP) is 2.08. The Morgan fingerprint density at radius 3 is 2.81 bits per heavy atom. The van der Waals surface area contributed by atoms with Crippen molar-refractivity contribution in [1.29, 1.82) is 0 Å². The molecule has 0 aliphatic carbocycles. The molecule has 4 nitrogen and oxygen atoms in total. The van der Waals surface area contributed by atoms with Crippen molar-refractivity contribution in [3.63, 3.8) is 0 Å². The molecule has 0 bridgehead atoms. The molecule has 8 heteroatoms. The van der Waals surface area contributed by atoms with E-state index in [1.54, 1.807) is 0 Å². The van der Waals surface area contributed by atoms with Crippen molar-refractivity contribution in [2.75, 3.05) is 13.1 Å². The van der Waals surface area contributed by atoms with Crippen molar-refractivity contribution >= 4 is 23.2 Å². The molecule has 1 aliphatic heterocycles. The van der Waals surface area contributed by atoms with Crippen LogP contribution in [-0.4, -0.2) is 36.0 Å². The molecule has 0 aromatic carbocycles. The van der Waals surface area contributed by atoms with Crippen molar-refractivity contribution in [1.82, 2.24) is 10.2 Å². The molecule has 1 atom stereocenters. The molecule has 0 unspecified atom stereocenters. The molecule has 2 heterocycles. The fourth-order valence-electron chi connectivity index (χ4n) is 2.21. The lowest BCUT2D eigenvalue weighted by Gasteiger charge is -2.18. The summed E-state index contributed by atoms with van der Waals surface area (Å²) in [5, 5.41) is 4.59. The van der Waals surface area contributed by atoms with Gasteiger partial charge in [-0.2, -0.15) is 13.2 Å². The third-order valence-corrected chi connectivity index (χ3v) is 4.37. The van der Waals surface area contributed by atoms with Gasteiger partial charge in [-0.1, -0.05) is 0 Å². The normalized spacial score (nSPS) is 19.1. The smallest absolute Gasteiger partial charge is 0.351 e. The fourth-order valence-corrected chi connectivity index (χ4v) is 3.06. The molecule has 0 saturated carbocycles. The van der Waals surface area contributed by atoms with E-state index in [1.165, 1.54) is 11.3 Å². The number of amides is 2. The van der Waals surface area contributed by atoms with Gasteiger partial charge >= 0.3 is 6.18 Å². The zero-order valence-corrected chi connectivity index (χ0v) is 12.2. The number of rotatable bonds is 4. The van der Waals surface area contributed by atoms with E-state index in [1.807, 2.05) is 18.4 Å². The minimum absolute atomic E-state index is 0.161. The summed E-state index contributed by atoms with van der Waals surface area (Å²) >= 11 is 1.50. The zero-order chi connectivity index (χ0) is 15.6. The van der Waals surface area contributed by atoms with Crippen LogP contribution in [0.4, 0.5) is 13.2 Å². The number of carbonyl (C=O) groups excluding carboxylic acids is 2. The summed E-state index contributed by atoms with van der Waals surface area (Å²) in [6, 6.07) is 1.93. The Kier molecular flexibility index (Phi) is 4.55. The van der Waals surface area contributed by atoms with Gasteiger partial charge in [-0.25, -0.2) is 0 Å². The molecule has 1 N–H and O–H groups in total. The van der Waals surface area contributed by atoms with Crippen LogP contribution in [0.25, 0.3) is 0 Å². The molecule has 21 heavy (non-hydrogen) atoms. The van der Waals surface area contributed by atoms with Gasteiger partial charge in [-0.05, 0) is 23.9 Å². The molecule has 2 amide bonds. The molecule has 1 aromatic rings. The van der Waals surface area contributed by atoms with Crippen molar-refractivity contribution in [3.05, 3.63) is 21.9 Å². The minimum Gasteiger partial charge on any atom is -0.351 e. The number of thiophene rings is 1. The summed E-state index contributed by atoms with van der Waals surface area (Å²) in [6.07, 6.45) is -4.60. The SMILES string of the molecule is Cc1ccsc1CNC(=O)[C@@H]1CC(=O)N(CC(F)(F)F)C1. The molecule has 0 radical (unpaired) electrons. The van der Waals surface area contributed by atoms with Crippen LogP contribution in [0.5, 0.6) is 0 Å². The first kappa shape index (κ1) is 15.8. The summed E-state index contributed by atoms with van der Waals surface area (Å²) < 4.78 is 36.9. The highest BCUT2D eigenvalue weighted by molar-refractivity contribution is 7.10. The second-order valence-electron chi connectivity index (χ2n) is 5.04. The second-order valence-corrected chi connectivity index (χ2v) is 6.04. The molecule has 1 aromatic heterocycles. The van der Waals surface area contributed by atoms with Crippen molar-refractivity contribution in [3.8, 4) is 0 Å². The quantitative estimate of drug-likeness (QED) is 0.923. The van der Waals surface area contributed by atoms with Crippen molar-refractivity contribution in [2.45, 2.75) is 26.1 Å². The lowest BCUT2D eigenvalue weighted by molar-refractivity contribution is -0.157. The number of aryl methyl sites for hydroxylation is 1. The monoisotopic (exact) mass is 320 g/mol. The van der Waals surface area contributed by atoms with Crippen LogP contribution in [0.1, 0.15) is 16.9 Å². The fraction of sp³-hybridized carbons (Fsp3) is 0.538. The number of hydrogen-bond donors (Lipinski definition) is 1. The molecule has 116 valence electrons. The Labute approximate surface area is 123 Å². The van der Waals surface area contributed by atoms with E-state index in [2.05, 4.69) is 5.32 Å². The highest BCUT2D eigenvalue weighted by Gasteiger charge is 2.40. The third kappa shape index (κ3) is 4.20. The number of likely N-dealkylation sites (tertiary alicyclic amines) is 1. The maximum absolute atomic E-state index is 12.3. The lowest BCUT2D eigenvalue weighted by atomic mass is 10.1. The summed E-state index contributed by atoms with van der Waals surface area (Å²) in [4.78, 5) is 25.1. The lowest BCUT2D eigenvalue weighted by Crippen LogP contribution is -2.37. The Morgan fingerprint density at radius 2 is 2.24 bits per heavy atom. The topological polar surface area (TPSA) is 49.4 Å². The Bertz CT molecular complexity index is 542. The van der Waals surface area contributed by atoms with E-state index in [-0.39, 0.29) is 18.9 Å². The molecule has 1 fully saturated rings. The van der Waals surface area contributed by atoms with Crippen molar-refractivity contribution in [2.24, 2.45) is 5.92 Å². The molecule has 0 spiro atoms. The Balaban J connectivity index is 1.87. The second kappa shape index (κ2) is 6.05. The molecule has 2 rings (SSSR count). The first-order chi connectivity index (χ1) is 9.76. The van der Waals surface area contributed by atoms with Crippen LogP contribution >= 0.6 is 11.3 Å². The van der Waals surface area contributed by atoms with E-state index in [9.17, 15) is 22.8 Å². The van der Waals surface area contributed by atoms with Gasteiger partial charge in [0.05, 0.1) is 12.5 Å². The van der Waals surface area contributed by atoms with Crippen LogP contribution < -0.4 is 5.32 Å². The average Bonchev–Trinajstić information content (AvgIpc) is 2.92. The van der Waals surface area contributed by atoms with Gasteiger partial charge in [0.25, 0.3) is 0 Å². The number of hydrogen-bond acceptors (Lipinski definition) is 3. The van der Waals surface area contributed by atoms with Crippen LogP contribution in [-0.2, 0) is 16.1 Å². The average molecular weight is 320 g/mol. The van der Waals surface area contributed by atoms with Gasteiger partial charge in [0.2, 0.25) is 11.8 Å². The third-order valence-electron chi connectivity index (χ3n) is 3.35. The molecule has 1 saturated heterocycles. The van der Waals surface area contributed by atoms with Gasteiger partial charge in [0.15, 0.2) is 0 Å². The number of nitrogens with one attached hydrogen (secondary N) is 1.